The third kappa shape index (κ3) is 4.09. The fourth-order valence-electron chi connectivity index (χ4n) is 3.30. The highest BCUT2D eigenvalue weighted by Gasteiger charge is 2.24. The fraction of sp³-hybridized carbons (Fsp3) is 0.217. The largest absolute Gasteiger partial charge is 0.497 e. The van der Waals surface area contributed by atoms with Crippen LogP contribution in [0.1, 0.15) is 22.6 Å². The molecule has 0 spiro atoms. The molecule has 0 saturated carbocycles. The molecule has 0 atom stereocenters. The van der Waals surface area contributed by atoms with E-state index in [0.717, 1.165) is 44.2 Å². The number of ether oxygens (including phenoxy) is 4. The molecule has 5 heteroatoms. The lowest BCUT2D eigenvalue weighted by Crippen LogP contribution is -2.08. The molecule has 0 amide bonds. The Labute approximate surface area is 174 Å². The van der Waals surface area contributed by atoms with E-state index in [0.29, 0.717) is 0 Å². The standard InChI is InChI=1S/C23H23BrO4/c1-25-17-9-11-19(21(13-17)27-3)23(15-5-7-16(24)8-6-15)20-12-10-18(26-2)14-22(20)28-4/h5-14,23H,1-4H3. The minimum absolute atomic E-state index is 0.0881. The van der Waals surface area contributed by atoms with E-state index in [-0.39, 0.29) is 5.92 Å². The second kappa shape index (κ2) is 9.02. The summed E-state index contributed by atoms with van der Waals surface area (Å²) in [7, 11) is 6.63. The molecule has 4 nitrogen and oxygen atoms in total. The van der Waals surface area contributed by atoms with E-state index in [9.17, 15) is 0 Å². The maximum Gasteiger partial charge on any atom is 0.126 e. The molecule has 3 rings (SSSR count). The maximum atomic E-state index is 5.70. The van der Waals surface area contributed by atoms with E-state index in [1.54, 1.807) is 28.4 Å². The first-order valence-electron chi connectivity index (χ1n) is 8.80. The second-order valence-corrected chi connectivity index (χ2v) is 7.12. The van der Waals surface area contributed by atoms with Crippen molar-refractivity contribution in [3.05, 3.63) is 81.8 Å². The molecule has 0 radical (unpaired) electrons. The second-order valence-electron chi connectivity index (χ2n) is 6.20. The van der Waals surface area contributed by atoms with Crippen molar-refractivity contribution in [1.29, 1.82) is 0 Å². The van der Waals surface area contributed by atoms with E-state index in [4.69, 9.17) is 18.9 Å². The average Bonchev–Trinajstić information content (AvgIpc) is 2.75. The van der Waals surface area contributed by atoms with Crippen molar-refractivity contribution in [3.63, 3.8) is 0 Å². The van der Waals surface area contributed by atoms with Gasteiger partial charge in [0.2, 0.25) is 0 Å². The Hall–Kier alpha value is -2.66. The molecule has 0 aromatic heterocycles. The van der Waals surface area contributed by atoms with Crippen LogP contribution in [-0.4, -0.2) is 28.4 Å². The van der Waals surface area contributed by atoms with Gasteiger partial charge < -0.3 is 18.9 Å². The van der Waals surface area contributed by atoms with Crippen LogP contribution >= 0.6 is 15.9 Å². The van der Waals surface area contributed by atoms with Crippen molar-refractivity contribution in [3.8, 4) is 23.0 Å². The van der Waals surface area contributed by atoms with Crippen LogP contribution in [0.5, 0.6) is 23.0 Å². The van der Waals surface area contributed by atoms with Gasteiger partial charge >= 0.3 is 0 Å². The highest BCUT2D eigenvalue weighted by molar-refractivity contribution is 9.10. The summed E-state index contributed by atoms with van der Waals surface area (Å²) in [6.07, 6.45) is 0. The van der Waals surface area contributed by atoms with E-state index >= 15 is 0 Å². The highest BCUT2D eigenvalue weighted by Crippen LogP contribution is 2.43. The smallest absolute Gasteiger partial charge is 0.126 e. The van der Waals surface area contributed by atoms with Gasteiger partial charge in [-0.2, -0.15) is 0 Å². The molecule has 0 bridgehead atoms. The summed E-state index contributed by atoms with van der Waals surface area (Å²) in [6, 6.07) is 20.0. The Morgan fingerprint density at radius 3 is 1.46 bits per heavy atom. The molecule has 0 saturated heterocycles. The van der Waals surface area contributed by atoms with Gasteiger partial charge in [0.05, 0.1) is 28.4 Å². The molecule has 0 heterocycles. The van der Waals surface area contributed by atoms with Crippen LogP contribution in [0.2, 0.25) is 0 Å². The predicted octanol–water partition coefficient (Wildman–Crippen LogP) is 5.66. The summed E-state index contributed by atoms with van der Waals surface area (Å²) in [6.45, 7) is 0. The summed E-state index contributed by atoms with van der Waals surface area (Å²) in [5.74, 6) is 2.92. The molecule has 28 heavy (non-hydrogen) atoms. The molecule has 0 fully saturated rings. The Morgan fingerprint density at radius 1 is 0.607 bits per heavy atom. The van der Waals surface area contributed by atoms with Gasteiger partial charge in [-0.05, 0) is 29.8 Å². The van der Waals surface area contributed by atoms with E-state index in [2.05, 4.69) is 28.1 Å². The molecule has 146 valence electrons. The van der Waals surface area contributed by atoms with Crippen molar-refractivity contribution in [2.75, 3.05) is 28.4 Å². The van der Waals surface area contributed by atoms with Crippen LogP contribution in [0.25, 0.3) is 0 Å². The van der Waals surface area contributed by atoms with Gasteiger partial charge in [-0.25, -0.2) is 0 Å². The van der Waals surface area contributed by atoms with E-state index in [1.807, 2.05) is 48.5 Å². The van der Waals surface area contributed by atoms with Gasteiger partial charge in [-0.15, -0.1) is 0 Å². The third-order valence-corrected chi connectivity index (χ3v) is 5.24. The third-order valence-electron chi connectivity index (χ3n) is 4.71. The lowest BCUT2D eigenvalue weighted by molar-refractivity contribution is 0.386. The zero-order valence-electron chi connectivity index (χ0n) is 16.4. The normalized spacial score (nSPS) is 10.6. The number of hydrogen-bond acceptors (Lipinski definition) is 4. The average molecular weight is 443 g/mol. The van der Waals surface area contributed by atoms with Gasteiger partial charge in [0.1, 0.15) is 23.0 Å². The molecular weight excluding hydrogens is 420 g/mol. The van der Waals surface area contributed by atoms with Gasteiger partial charge in [-0.3, -0.25) is 0 Å². The van der Waals surface area contributed by atoms with Gasteiger partial charge in [-0.1, -0.05) is 40.2 Å². The van der Waals surface area contributed by atoms with Crippen LogP contribution in [0.3, 0.4) is 0 Å². The van der Waals surface area contributed by atoms with Gasteiger partial charge in [0.25, 0.3) is 0 Å². The zero-order valence-corrected chi connectivity index (χ0v) is 17.9. The number of methoxy groups -OCH3 is 4. The monoisotopic (exact) mass is 442 g/mol. The summed E-state index contributed by atoms with van der Waals surface area (Å²) in [5.41, 5.74) is 3.17. The van der Waals surface area contributed by atoms with Gasteiger partial charge in [0.15, 0.2) is 0 Å². The lowest BCUT2D eigenvalue weighted by Gasteiger charge is -2.24. The summed E-state index contributed by atoms with van der Waals surface area (Å²) in [4.78, 5) is 0. The molecule has 3 aromatic rings. The molecule has 0 aliphatic heterocycles. The van der Waals surface area contributed by atoms with Gasteiger partial charge in [0, 0.05) is 33.7 Å². The number of halogens is 1. The van der Waals surface area contributed by atoms with Crippen molar-refractivity contribution in [2.24, 2.45) is 0 Å². The topological polar surface area (TPSA) is 36.9 Å². The Bertz CT molecular complexity index is 882. The van der Waals surface area contributed by atoms with Crippen LogP contribution in [-0.2, 0) is 0 Å². The molecule has 3 aromatic carbocycles. The summed E-state index contributed by atoms with van der Waals surface area (Å²) < 4.78 is 23.2. The van der Waals surface area contributed by atoms with E-state index in [1.165, 1.54) is 0 Å². The van der Waals surface area contributed by atoms with Crippen molar-refractivity contribution >= 4 is 15.9 Å². The van der Waals surface area contributed by atoms with Crippen molar-refractivity contribution < 1.29 is 18.9 Å². The highest BCUT2D eigenvalue weighted by atomic mass is 79.9. The summed E-state index contributed by atoms with van der Waals surface area (Å²) in [5, 5.41) is 0. The molecular formula is C23H23BrO4. The van der Waals surface area contributed by atoms with Crippen LogP contribution in [0, 0.1) is 0 Å². The Morgan fingerprint density at radius 2 is 1.07 bits per heavy atom. The first kappa shape index (κ1) is 20.1. The first-order chi connectivity index (χ1) is 13.6. The quantitative estimate of drug-likeness (QED) is 0.442. The first-order valence-corrected chi connectivity index (χ1v) is 9.59. The predicted molar refractivity (Wildman–Crippen MR) is 114 cm³/mol. The Balaban J connectivity index is 2.24. The molecule has 0 N–H and O–H groups in total. The minimum atomic E-state index is -0.0881. The maximum absolute atomic E-state index is 5.70. The zero-order chi connectivity index (χ0) is 20.1. The summed E-state index contributed by atoms with van der Waals surface area (Å²) >= 11 is 3.52. The Kier molecular flexibility index (Phi) is 6.47. The van der Waals surface area contributed by atoms with E-state index < -0.39 is 0 Å². The SMILES string of the molecule is COc1ccc(C(c2ccc(Br)cc2)c2ccc(OC)cc2OC)c(OC)c1. The lowest BCUT2D eigenvalue weighted by atomic mass is 9.84. The van der Waals surface area contributed by atoms with Crippen LogP contribution in [0.15, 0.2) is 65.1 Å². The van der Waals surface area contributed by atoms with Crippen LogP contribution < -0.4 is 18.9 Å². The number of hydrogen-bond donors (Lipinski definition) is 0. The minimum Gasteiger partial charge on any atom is -0.497 e. The van der Waals surface area contributed by atoms with Crippen molar-refractivity contribution in [1.82, 2.24) is 0 Å². The number of benzene rings is 3. The molecule has 0 aliphatic carbocycles. The molecule has 0 unspecified atom stereocenters. The molecule has 0 aliphatic rings. The number of rotatable bonds is 7. The van der Waals surface area contributed by atoms with Crippen molar-refractivity contribution in [2.45, 2.75) is 5.92 Å². The fourth-order valence-corrected chi connectivity index (χ4v) is 3.56. The van der Waals surface area contributed by atoms with Crippen LogP contribution in [0.4, 0.5) is 0 Å².